The lowest BCUT2D eigenvalue weighted by atomic mass is 9.67. The third-order valence-corrected chi connectivity index (χ3v) is 9.14. The van der Waals surface area contributed by atoms with Crippen LogP contribution in [0.3, 0.4) is 0 Å². The zero-order chi connectivity index (χ0) is 27.9. The number of aromatic nitrogens is 2. The summed E-state index contributed by atoms with van der Waals surface area (Å²) in [5, 5.41) is 0. The van der Waals surface area contributed by atoms with Crippen molar-refractivity contribution in [2.75, 3.05) is 4.90 Å². The van der Waals surface area contributed by atoms with E-state index in [1.165, 1.54) is 51.8 Å². The molecule has 202 valence electrons. The molecule has 2 aliphatic carbocycles. The van der Waals surface area contributed by atoms with Gasteiger partial charge in [-0.1, -0.05) is 103 Å². The Bertz CT molecular complexity index is 1790. The van der Waals surface area contributed by atoms with E-state index in [0.717, 1.165) is 29.8 Å². The summed E-state index contributed by atoms with van der Waals surface area (Å²) in [6.07, 6.45) is 8.22. The van der Waals surface area contributed by atoms with E-state index in [0.29, 0.717) is 5.95 Å². The van der Waals surface area contributed by atoms with Crippen molar-refractivity contribution >= 4 is 17.3 Å². The summed E-state index contributed by atoms with van der Waals surface area (Å²) in [5.74, 6) is 0.671. The minimum absolute atomic E-state index is 0.212. The normalized spacial score (nSPS) is 13.9. The summed E-state index contributed by atoms with van der Waals surface area (Å²) in [7, 11) is 0. The van der Waals surface area contributed by atoms with Crippen molar-refractivity contribution in [1.82, 2.24) is 9.97 Å². The highest BCUT2D eigenvalue weighted by Gasteiger charge is 2.44. The van der Waals surface area contributed by atoms with Gasteiger partial charge in [-0.25, -0.2) is 9.97 Å². The fourth-order valence-corrected chi connectivity index (χ4v) is 6.97. The third-order valence-electron chi connectivity index (χ3n) is 9.14. The van der Waals surface area contributed by atoms with Crippen molar-refractivity contribution in [3.63, 3.8) is 0 Å². The van der Waals surface area contributed by atoms with Gasteiger partial charge in [0.05, 0.1) is 0 Å². The molecule has 1 heterocycles. The molecule has 0 unspecified atom stereocenters. The number of para-hydroxylation sites is 2. The Hall–Kier alpha value is -5.02. The van der Waals surface area contributed by atoms with Crippen LogP contribution >= 0.6 is 0 Å². The molecular weight excluding hydrogens is 510 g/mol. The molecule has 0 aliphatic heterocycles. The zero-order valence-corrected chi connectivity index (χ0v) is 23.4. The predicted molar refractivity (Wildman–Crippen MR) is 171 cm³/mol. The highest BCUT2D eigenvalue weighted by atomic mass is 15.3. The van der Waals surface area contributed by atoms with Crippen molar-refractivity contribution in [2.45, 2.75) is 31.1 Å². The first kappa shape index (κ1) is 24.8. The topological polar surface area (TPSA) is 29.0 Å². The van der Waals surface area contributed by atoms with Crippen molar-refractivity contribution < 1.29 is 0 Å². The molecule has 0 saturated carbocycles. The van der Waals surface area contributed by atoms with Crippen LogP contribution in [0.4, 0.5) is 17.3 Å². The molecule has 5 aromatic carbocycles. The Kier molecular flexibility index (Phi) is 5.96. The molecular formula is C39H31N3. The van der Waals surface area contributed by atoms with Gasteiger partial charge in [0.15, 0.2) is 0 Å². The smallest absolute Gasteiger partial charge is 0.234 e. The molecule has 8 rings (SSSR count). The molecule has 42 heavy (non-hydrogen) atoms. The Morgan fingerprint density at radius 1 is 0.571 bits per heavy atom. The largest absolute Gasteiger partial charge is 0.279 e. The van der Waals surface area contributed by atoms with Gasteiger partial charge in [0.1, 0.15) is 0 Å². The molecule has 0 spiro atoms. The van der Waals surface area contributed by atoms with Crippen LogP contribution in [-0.4, -0.2) is 9.97 Å². The van der Waals surface area contributed by atoms with Crippen molar-refractivity contribution in [2.24, 2.45) is 0 Å². The predicted octanol–water partition coefficient (Wildman–Crippen LogP) is 8.99. The zero-order valence-electron chi connectivity index (χ0n) is 23.4. The number of hydrogen-bond donors (Lipinski definition) is 0. The van der Waals surface area contributed by atoms with Gasteiger partial charge in [-0.2, -0.15) is 0 Å². The van der Waals surface area contributed by atoms with E-state index >= 15 is 0 Å². The summed E-state index contributed by atoms with van der Waals surface area (Å²) in [6, 6.07) is 45.8. The van der Waals surface area contributed by atoms with E-state index in [2.05, 4.69) is 95.9 Å². The van der Waals surface area contributed by atoms with E-state index in [1.807, 2.05) is 48.8 Å². The summed E-state index contributed by atoms with van der Waals surface area (Å²) < 4.78 is 0. The number of anilines is 3. The molecule has 0 bridgehead atoms. The molecule has 0 radical (unpaired) electrons. The second-order valence-electron chi connectivity index (χ2n) is 11.4. The van der Waals surface area contributed by atoms with Crippen LogP contribution < -0.4 is 4.90 Å². The van der Waals surface area contributed by atoms with Crippen LogP contribution in [-0.2, 0) is 24.7 Å². The van der Waals surface area contributed by atoms with Crippen LogP contribution in [0.15, 0.2) is 140 Å². The van der Waals surface area contributed by atoms with Crippen molar-refractivity contribution in [1.29, 1.82) is 0 Å². The molecule has 0 atom stereocenters. The fraction of sp³-hybridized carbons (Fsp3) is 0.128. The molecule has 0 fully saturated rings. The van der Waals surface area contributed by atoms with E-state index in [1.54, 1.807) is 0 Å². The highest BCUT2D eigenvalue weighted by molar-refractivity contribution is 5.83. The standard InChI is InChI=1S/C39H31N3/c1-3-11-32(12-4-1)42(33-13-5-2-6-14-33)38-40-26-28(27-41-38)23-24-39(31-22-21-29-19-20-30(29)25-31)36-17-9-7-15-34(36)35-16-8-10-18-37(35)39/h1-18,21-22,25-27H,19-20,23-24H2. The quantitative estimate of drug-likeness (QED) is 0.202. The monoisotopic (exact) mass is 541 g/mol. The van der Waals surface area contributed by atoms with Gasteiger partial charge in [-0.3, -0.25) is 4.90 Å². The van der Waals surface area contributed by atoms with E-state index in [4.69, 9.17) is 9.97 Å². The maximum atomic E-state index is 4.91. The molecule has 2 aliphatic rings. The molecule has 1 aromatic heterocycles. The van der Waals surface area contributed by atoms with E-state index in [-0.39, 0.29) is 5.41 Å². The summed E-state index contributed by atoms with van der Waals surface area (Å²) in [6.45, 7) is 0. The summed E-state index contributed by atoms with van der Waals surface area (Å²) in [5.41, 5.74) is 12.9. The first-order valence-electron chi connectivity index (χ1n) is 14.8. The van der Waals surface area contributed by atoms with Crippen LogP contribution in [0.5, 0.6) is 0 Å². The van der Waals surface area contributed by atoms with Crippen LogP contribution in [0.25, 0.3) is 11.1 Å². The third kappa shape index (κ3) is 3.96. The first-order valence-corrected chi connectivity index (χ1v) is 14.8. The lowest BCUT2D eigenvalue weighted by Crippen LogP contribution is -2.29. The van der Waals surface area contributed by atoms with Crippen LogP contribution in [0.2, 0.25) is 0 Å². The minimum Gasteiger partial charge on any atom is -0.279 e. The maximum Gasteiger partial charge on any atom is 0.234 e. The first-order chi connectivity index (χ1) is 20.8. The second-order valence-corrected chi connectivity index (χ2v) is 11.4. The van der Waals surface area contributed by atoms with Crippen LogP contribution in [0.1, 0.15) is 39.8 Å². The number of aryl methyl sites for hydroxylation is 3. The second kappa shape index (κ2) is 10.1. The van der Waals surface area contributed by atoms with Crippen LogP contribution in [0, 0.1) is 0 Å². The Balaban J connectivity index is 1.17. The number of benzene rings is 5. The fourth-order valence-electron chi connectivity index (χ4n) is 6.97. The minimum atomic E-state index is -0.212. The van der Waals surface area contributed by atoms with Gasteiger partial charge in [-0.05, 0) is 94.5 Å². The van der Waals surface area contributed by atoms with Gasteiger partial charge < -0.3 is 0 Å². The number of fused-ring (bicyclic) bond motifs is 4. The molecule has 6 aromatic rings. The average Bonchev–Trinajstić information content (AvgIpc) is 3.33. The average molecular weight is 542 g/mol. The van der Waals surface area contributed by atoms with E-state index in [9.17, 15) is 0 Å². The van der Waals surface area contributed by atoms with Crippen molar-refractivity contribution in [3.05, 3.63) is 173 Å². The summed E-state index contributed by atoms with van der Waals surface area (Å²) in [4.78, 5) is 11.9. The Morgan fingerprint density at radius 3 is 1.67 bits per heavy atom. The number of hydrogen-bond acceptors (Lipinski definition) is 3. The van der Waals surface area contributed by atoms with Crippen molar-refractivity contribution in [3.8, 4) is 11.1 Å². The van der Waals surface area contributed by atoms with E-state index < -0.39 is 0 Å². The maximum absolute atomic E-state index is 4.91. The Morgan fingerprint density at radius 2 is 1.12 bits per heavy atom. The molecule has 3 heteroatoms. The van der Waals surface area contributed by atoms with Gasteiger partial charge in [-0.15, -0.1) is 0 Å². The molecule has 3 nitrogen and oxygen atoms in total. The van der Waals surface area contributed by atoms with Gasteiger partial charge in [0, 0.05) is 29.2 Å². The van der Waals surface area contributed by atoms with Gasteiger partial charge in [0.2, 0.25) is 5.95 Å². The number of nitrogens with zero attached hydrogens (tertiary/aromatic N) is 3. The lowest BCUT2D eigenvalue weighted by molar-refractivity contribution is 0.569. The molecule has 0 N–H and O–H groups in total. The van der Waals surface area contributed by atoms with Gasteiger partial charge >= 0.3 is 0 Å². The Labute approximate surface area is 247 Å². The SMILES string of the molecule is c1ccc(N(c2ccccc2)c2ncc(CCC3(c4ccc5c(c4)CC5)c4ccccc4-c4ccccc43)cn2)cc1. The highest BCUT2D eigenvalue weighted by Crippen LogP contribution is 2.55. The van der Waals surface area contributed by atoms with Gasteiger partial charge in [0.25, 0.3) is 0 Å². The lowest BCUT2D eigenvalue weighted by Gasteiger charge is -2.35. The number of rotatable bonds is 7. The summed E-state index contributed by atoms with van der Waals surface area (Å²) >= 11 is 0. The molecule has 0 amide bonds. The molecule has 0 saturated heterocycles.